The van der Waals surface area contributed by atoms with Gasteiger partial charge in [-0.1, -0.05) is 34.1 Å². The summed E-state index contributed by atoms with van der Waals surface area (Å²) in [5.74, 6) is 0. The molecule has 0 saturated carbocycles. The molecule has 1 fully saturated rings. The molecule has 3 heteroatoms. The predicted octanol–water partition coefficient (Wildman–Crippen LogP) is 2.76. The van der Waals surface area contributed by atoms with Gasteiger partial charge in [0.25, 0.3) is 0 Å². The molecule has 0 aromatic heterocycles. The first kappa shape index (κ1) is 11.1. The van der Waals surface area contributed by atoms with Crippen molar-refractivity contribution in [1.82, 2.24) is 0 Å². The van der Waals surface area contributed by atoms with Gasteiger partial charge in [-0.25, -0.2) is 0 Å². The highest BCUT2D eigenvalue weighted by molar-refractivity contribution is 9.10. The highest BCUT2D eigenvalue weighted by Crippen LogP contribution is 2.37. The van der Waals surface area contributed by atoms with E-state index in [1.807, 2.05) is 25.1 Å². The Balaban J connectivity index is 2.39. The van der Waals surface area contributed by atoms with Gasteiger partial charge in [-0.2, -0.15) is 0 Å². The lowest BCUT2D eigenvalue weighted by atomic mass is 9.86. The number of halogens is 1. The van der Waals surface area contributed by atoms with E-state index < -0.39 is 5.60 Å². The molecule has 0 unspecified atom stereocenters. The van der Waals surface area contributed by atoms with Crippen LogP contribution in [0.25, 0.3) is 0 Å². The maximum Gasteiger partial charge on any atom is 0.0951 e. The van der Waals surface area contributed by atoms with Crippen molar-refractivity contribution in [3.8, 4) is 0 Å². The van der Waals surface area contributed by atoms with Crippen LogP contribution in [0.4, 0.5) is 0 Å². The molecule has 1 aliphatic heterocycles. The number of hydrogen-bond acceptors (Lipinski definition) is 2. The van der Waals surface area contributed by atoms with E-state index in [9.17, 15) is 5.11 Å². The molecule has 1 N–H and O–H groups in total. The molecule has 0 atom stereocenters. The van der Waals surface area contributed by atoms with Crippen LogP contribution < -0.4 is 0 Å². The average molecular weight is 271 g/mol. The molecule has 0 radical (unpaired) electrons. The van der Waals surface area contributed by atoms with Crippen LogP contribution in [0.5, 0.6) is 0 Å². The SMILES string of the molecule is Cc1cccc(C2(O)CCOCC2)c1Br. The van der Waals surface area contributed by atoms with Gasteiger partial charge in [0.1, 0.15) is 0 Å². The first-order valence-electron chi connectivity index (χ1n) is 5.19. The molecule has 82 valence electrons. The van der Waals surface area contributed by atoms with Crippen LogP contribution in [-0.2, 0) is 10.3 Å². The van der Waals surface area contributed by atoms with Gasteiger partial charge in [0.15, 0.2) is 0 Å². The number of benzene rings is 1. The fraction of sp³-hybridized carbons (Fsp3) is 0.500. The lowest BCUT2D eigenvalue weighted by Crippen LogP contribution is -2.33. The van der Waals surface area contributed by atoms with E-state index in [2.05, 4.69) is 15.9 Å². The molecule has 0 aliphatic carbocycles. The zero-order valence-electron chi connectivity index (χ0n) is 8.79. The van der Waals surface area contributed by atoms with Crippen LogP contribution in [0.3, 0.4) is 0 Å². The topological polar surface area (TPSA) is 29.5 Å². The second kappa shape index (κ2) is 4.24. The monoisotopic (exact) mass is 270 g/mol. The zero-order valence-corrected chi connectivity index (χ0v) is 10.4. The summed E-state index contributed by atoms with van der Waals surface area (Å²) in [5, 5.41) is 10.5. The first-order chi connectivity index (χ1) is 7.13. The van der Waals surface area contributed by atoms with Crippen LogP contribution in [-0.4, -0.2) is 18.3 Å². The van der Waals surface area contributed by atoms with E-state index in [-0.39, 0.29) is 0 Å². The van der Waals surface area contributed by atoms with Gasteiger partial charge < -0.3 is 9.84 Å². The van der Waals surface area contributed by atoms with Crippen LogP contribution in [0.15, 0.2) is 22.7 Å². The van der Waals surface area contributed by atoms with Gasteiger partial charge in [0.2, 0.25) is 0 Å². The van der Waals surface area contributed by atoms with E-state index in [0.717, 1.165) is 15.6 Å². The standard InChI is InChI=1S/C12H15BrO2/c1-9-3-2-4-10(11(9)13)12(14)5-7-15-8-6-12/h2-4,14H,5-8H2,1H3. The van der Waals surface area contributed by atoms with Crippen molar-refractivity contribution in [2.75, 3.05) is 13.2 Å². The molecule has 1 saturated heterocycles. The Morgan fingerprint density at radius 3 is 2.67 bits per heavy atom. The van der Waals surface area contributed by atoms with Gasteiger partial charge in [0.05, 0.1) is 5.60 Å². The Morgan fingerprint density at radius 1 is 1.33 bits per heavy atom. The molecule has 1 aliphatic rings. The largest absolute Gasteiger partial charge is 0.385 e. The van der Waals surface area contributed by atoms with Crippen LogP contribution >= 0.6 is 15.9 Å². The molecular weight excluding hydrogens is 256 g/mol. The van der Waals surface area contributed by atoms with Crippen molar-refractivity contribution in [3.63, 3.8) is 0 Å². The third-order valence-electron chi connectivity index (χ3n) is 3.01. The Hall–Kier alpha value is -0.380. The van der Waals surface area contributed by atoms with Gasteiger partial charge >= 0.3 is 0 Å². The van der Waals surface area contributed by atoms with Crippen molar-refractivity contribution in [3.05, 3.63) is 33.8 Å². The summed E-state index contributed by atoms with van der Waals surface area (Å²) in [6.45, 7) is 3.31. The lowest BCUT2D eigenvalue weighted by molar-refractivity contribution is -0.0683. The second-order valence-corrected chi connectivity index (χ2v) is 4.87. The van der Waals surface area contributed by atoms with E-state index in [4.69, 9.17) is 4.74 Å². The zero-order chi connectivity index (χ0) is 10.9. The number of hydrogen-bond donors (Lipinski definition) is 1. The summed E-state index contributed by atoms with van der Waals surface area (Å²) in [5.41, 5.74) is 1.43. The molecule has 1 aromatic carbocycles. The molecule has 0 bridgehead atoms. The molecule has 1 aromatic rings. The van der Waals surface area contributed by atoms with Crippen molar-refractivity contribution < 1.29 is 9.84 Å². The Morgan fingerprint density at radius 2 is 2.00 bits per heavy atom. The summed E-state index contributed by atoms with van der Waals surface area (Å²) < 4.78 is 6.30. The minimum Gasteiger partial charge on any atom is -0.385 e. The summed E-state index contributed by atoms with van der Waals surface area (Å²) in [7, 11) is 0. The molecule has 2 nitrogen and oxygen atoms in total. The van der Waals surface area contributed by atoms with Crippen LogP contribution in [0, 0.1) is 6.92 Å². The van der Waals surface area contributed by atoms with Crippen molar-refractivity contribution >= 4 is 15.9 Å². The fourth-order valence-electron chi connectivity index (χ4n) is 1.99. The number of aryl methyl sites for hydroxylation is 1. The average Bonchev–Trinajstić information content (AvgIpc) is 2.23. The number of ether oxygens (including phenoxy) is 1. The molecular formula is C12H15BrO2. The summed E-state index contributed by atoms with van der Waals surface area (Å²) in [6.07, 6.45) is 1.35. The van der Waals surface area contributed by atoms with Crippen molar-refractivity contribution in [2.45, 2.75) is 25.4 Å². The Labute approximate surface area is 98.4 Å². The quantitative estimate of drug-likeness (QED) is 0.851. The lowest BCUT2D eigenvalue weighted by Gasteiger charge is -2.33. The van der Waals surface area contributed by atoms with E-state index >= 15 is 0 Å². The van der Waals surface area contributed by atoms with Crippen LogP contribution in [0.2, 0.25) is 0 Å². The molecule has 2 rings (SSSR count). The minimum absolute atomic E-state index is 0.636. The maximum absolute atomic E-state index is 10.5. The first-order valence-corrected chi connectivity index (χ1v) is 5.98. The maximum atomic E-state index is 10.5. The van der Waals surface area contributed by atoms with Gasteiger partial charge in [0, 0.05) is 30.5 Å². The summed E-state index contributed by atoms with van der Waals surface area (Å²) in [4.78, 5) is 0. The molecule has 15 heavy (non-hydrogen) atoms. The number of rotatable bonds is 1. The highest BCUT2D eigenvalue weighted by Gasteiger charge is 2.33. The molecule has 0 amide bonds. The molecule has 0 spiro atoms. The van der Waals surface area contributed by atoms with Crippen molar-refractivity contribution in [1.29, 1.82) is 0 Å². The fourth-order valence-corrected chi connectivity index (χ4v) is 2.62. The van der Waals surface area contributed by atoms with E-state index in [0.29, 0.717) is 26.1 Å². The predicted molar refractivity (Wildman–Crippen MR) is 62.8 cm³/mol. The summed E-state index contributed by atoms with van der Waals surface area (Å²) in [6, 6.07) is 6.02. The summed E-state index contributed by atoms with van der Waals surface area (Å²) >= 11 is 3.55. The van der Waals surface area contributed by atoms with Gasteiger partial charge in [-0.05, 0) is 18.1 Å². The van der Waals surface area contributed by atoms with E-state index in [1.54, 1.807) is 0 Å². The normalized spacial score (nSPS) is 20.2. The smallest absolute Gasteiger partial charge is 0.0951 e. The Bertz CT molecular complexity index is 357. The third-order valence-corrected chi connectivity index (χ3v) is 4.07. The minimum atomic E-state index is -0.719. The van der Waals surface area contributed by atoms with E-state index in [1.165, 1.54) is 0 Å². The third kappa shape index (κ3) is 2.10. The van der Waals surface area contributed by atoms with Gasteiger partial charge in [-0.3, -0.25) is 0 Å². The van der Waals surface area contributed by atoms with Gasteiger partial charge in [-0.15, -0.1) is 0 Å². The molecule has 1 heterocycles. The Kier molecular flexibility index (Phi) is 3.14. The second-order valence-electron chi connectivity index (χ2n) is 4.08. The number of aliphatic hydroxyl groups is 1. The van der Waals surface area contributed by atoms with Crippen molar-refractivity contribution in [2.24, 2.45) is 0 Å². The highest BCUT2D eigenvalue weighted by atomic mass is 79.9. The van der Waals surface area contributed by atoms with Crippen LogP contribution in [0.1, 0.15) is 24.0 Å².